The van der Waals surface area contributed by atoms with E-state index in [4.69, 9.17) is 10.5 Å². The van der Waals surface area contributed by atoms with Crippen LogP contribution < -0.4 is 16.8 Å². The topological polar surface area (TPSA) is 99.2 Å². The molecule has 3 N–H and O–H groups in total. The zero-order valence-electron chi connectivity index (χ0n) is 10.9. The smallest absolute Gasteiger partial charge is 0.368 e. The molecule has 0 radical (unpaired) electrons. The molecule has 0 spiro atoms. The van der Waals surface area contributed by atoms with Crippen molar-refractivity contribution in [1.82, 2.24) is 9.66 Å². The second kappa shape index (κ2) is 5.92. The Morgan fingerprint density at radius 3 is 2.65 bits per heavy atom. The van der Waals surface area contributed by atoms with Gasteiger partial charge in [0.25, 0.3) is 0 Å². The van der Waals surface area contributed by atoms with Crippen LogP contribution in [-0.4, -0.2) is 23.4 Å². The fourth-order valence-corrected chi connectivity index (χ4v) is 1.50. The highest BCUT2D eigenvalue weighted by Gasteiger charge is 2.00. The van der Waals surface area contributed by atoms with Gasteiger partial charge in [-0.2, -0.15) is 4.98 Å². The summed E-state index contributed by atoms with van der Waals surface area (Å²) in [5.74, 6) is -0.156. The van der Waals surface area contributed by atoms with Crippen LogP contribution in [0.5, 0.6) is 0 Å². The van der Waals surface area contributed by atoms with E-state index in [1.807, 2.05) is 0 Å². The molecule has 0 saturated carbocycles. The third-order valence-corrected chi connectivity index (χ3v) is 2.47. The molecule has 0 amide bonds. The minimum absolute atomic E-state index is 0.171. The van der Waals surface area contributed by atoms with Crippen LogP contribution >= 0.6 is 0 Å². The molecule has 0 unspecified atom stereocenters. The molecule has 102 valence electrons. The summed E-state index contributed by atoms with van der Waals surface area (Å²) in [4.78, 5) is 25.8. The van der Waals surface area contributed by atoms with E-state index in [2.05, 4.69) is 10.4 Å². The van der Waals surface area contributed by atoms with Gasteiger partial charge < -0.3 is 10.5 Å². The van der Waals surface area contributed by atoms with Crippen molar-refractivity contribution < 1.29 is 9.53 Å². The van der Waals surface area contributed by atoms with Crippen molar-refractivity contribution in [3.8, 4) is 0 Å². The summed E-state index contributed by atoms with van der Waals surface area (Å²) >= 11 is 0. The SMILES string of the molecule is BC(=O)OCc1ccc(Nn2ccc(N)nc2=O)cc1. The minimum atomic E-state index is -0.492. The second-order valence-electron chi connectivity index (χ2n) is 4.09. The molecule has 0 fully saturated rings. The van der Waals surface area contributed by atoms with Gasteiger partial charge in [0.05, 0.1) is 5.69 Å². The van der Waals surface area contributed by atoms with E-state index in [0.29, 0.717) is 5.69 Å². The van der Waals surface area contributed by atoms with Gasteiger partial charge in [0.15, 0.2) is 0 Å². The van der Waals surface area contributed by atoms with Gasteiger partial charge in [-0.3, -0.25) is 10.2 Å². The van der Waals surface area contributed by atoms with E-state index in [-0.39, 0.29) is 18.3 Å². The molecule has 1 aromatic carbocycles. The normalized spacial score (nSPS) is 10.0. The fourth-order valence-electron chi connectivity index (χ4n) is 1.50. The molecule has 0 aliphatic carbocycles. The molecular formula is C12H13BN4O3. The minimum Gasteiger partial charge on any atom is -0.469 e. The summed E-state index contributed by atoms with van der Waals surface area (Å²) in [7, 11) is 1.36. The van der Waals surface area contributed by atoms with Crippen LogP contribution in [0, 0.1) is 0 Å². The average molecular weight is 272 g/mol. The number of nitrogen functional groups attached to an aromatic ring is 1. The van der Waals surface area contributed by atoms with Gasteiger partial charge >= 0.3 is 5.69 Å². The Kier molecular flexibility index (Phi) is 4.04. The van der Waals surface area contributed by atoms with E-state index in [0.717, 1.165) is 5.56 Å². The van der Waals surface area contributed by atoms with Crippen molar-refractivity contribution in [2.24, 2.45) is 0 Å². The lowest BCUT2D eigenvalue weighted by Gasteiger charge is -2.09. The molecule has 1 heterocycles. The predicted molar refractivity (Wildman–Crippen MR) is 77.1 cm³/mol. The highest BCUT2D eigenvalue weighted by atomic mass is 16.5. The third kappa shape index (κ3) is 3.61. The molecule has 0 bridgehead atoms. The standard InChI is InChI=1S/C12H13BN4O3/c13-11(18)20-7-8-1-3-9(4-2-8)16-17-6-5-10(14)15-12(17)19/h1-6,16H,7,13H2,(H2,14,15,19). The van der Waals surface area contributed by atoms with Crippen molar-refractivity contribution in [3.63, 3.8) is 0 Å². The van der Waals surface area contributed by atoms with Gasteiger partial charge in [0.1, 0.15) is 12.4 Å². The molecule has 0 saturated heterocycles. The first-order valence-electron chi connectivity index (χ1n) is 5.89. The maximum atomic E-state index is 11.5. The lowest BCUT2D eigenvalue weighted by Crippen LogP contribution is -2.28. The van der Waals surface area contributed by atoms with Crippen LogP contribution in [0.3, 0.4) is 0 Å². The first kappa shape index (κ1) is 13.7. The lowest BCUT2D eigenvalue weighted by molar-refractivity contribution is 0.167. The molecule has 0 atom stereocenters. The van der Waals surface area contributed by atoms with Crippen molar-refractivity contribution in [2.45, 2.75) is 6.61 Å². The van der Waals surface area contributed by atoms with Crippen molar-refractivity contribution in [2.75, 3.05) is 11.2 Å². The van der Waals surface area contributed by atoms with Gasteiger partial charge in [-0.1, -0.05) is 12.1 Å². The van der Waals surface area contributed by atoms with Gasteiger partial charge in [-0.25, -0.2) is 9.47 Å². The monoisotopic (exact) mass is 272 g/mol. The van der Waals surface area contributed by atoms with Gasteiger partial charge in [0, 0.05) is 6.20 Å². The predicted octanol–water partition coefficient (Wildman–Crippen LogP) is -0.0296. The quantitative estimate of drug-likeness (QED) is 0.758. The highest BCUT2D eigenvalue weighted by molar-refractivity contribution is 6.55. The largest absolute Gasteiger partial charge is 0.469 e. The average Bonchev–Trinajstić information content (AvgIpc) is 2.41. The van der Waals surface area contributed by atoms with E-state index in [9.17, 15) is 9.59 Å². The Balaban J connectivity index is 2.07. The summed E-state index contributed by atoms with van der Waals surface area (Å²) in [5, 5.41) is 0. The van der Waals surface area contributed by atoms with Crippen molar-refractivity contribution in [1.29, 1.82) is 0 Å². The first-order chi connectivity index (χ1) is 9.54. The molecule has 20 heavy (non-hydrogen) atoms. The number of nitrogens with two attached hydrogens (primary N) is 1. The highest BCUT2D eigenvalue weighted by Crippen LogP contribution is 2.10. The van der Waals surface area contributed by atoms with Crippen LogP contribution in [0.25, 0.3) is 0 Å². The molecule has 1 aromatic heterocycles. The molecule has 0 aliphatic rings. The summed E-state index contributed by atoms with van der Waals surface area (Å²) in [5.41, 5.74) is 9.34. The van der Waals surface area contributed by atoms with Crippen LogP contribution in [0.4, 0.5) is 16.3 Å². The van der Waals surface area contributed by atoms with Gasteiger partial charge in [0.2, 0.25) is 13.7 Å². The number of hydrogen-bond acceptors (Lipinski definition) is 6. The molecular weight excluding hydrogens is 259 g/mol. The summed E-state index contributed by atoms with van der Waals surface area (Å²) in [6.07, 6.45) is 1.50. The molecule has 8 heteroatoms. The maximum absolute atomic E-state index is 11.5. The number of ether oxygens (including phenoxy) is 1. The van der Waals surface area contributed by atoms with E-state index < -0.39 is 5.69 Å². The van der Waals surface area contributed by atoms with E-state index in [1.54, 1.807) is 24.3 Å². The second-order valence-corrected chi connectivity index (χ2v) is 4.09. The summed E-state index contributed by atoms with van der Waals surface area (Å²) in [6.45, 7) is 0.221. The summed E-state index contributed by atoms with van der Waals surface area (Å²) < 4.78 is 6.10. The van der Waals surface area contributed by atoms with Crippen LogP contribution in [0.2, 0.25) is 0 Å². The number of nitrogens with one attached hydrogen (secondary N) is 1. The molecule has 2 aromatic rings. The van der Waals surface area contributed by atoms with E-state index >= 15 is 0 Å². The van der Waals surface area contributed by atoms with Gasteiger partial charge in [-0.05, 0) is 23.8 Å². The fraction of sp³-hybridized carbons (Fsp3) is 0.0833. The Labute approximate surface area is 115 Å². The lowest BCUT2D eigenvalue weighted by atomic mass is 10.2. The van der Waals surface area contributed by atoms with Crippen LogP contribution in [0.1, 0.15) is 5.56 Å². The number of carbonyl (C=O) groups is 1. The Morgan fingerprint density at radius 1 is 1.35 bits per heavy atom. The van der Waals surface area contributed by atoms with Crippen LogP contribution in [-0.2, 0) is 11.3 Å². The van der Waals surface area contributed by atoms with Crippen LogP contribution in [0.15, 0.2) is 41.3 Å². The number of aromatic nitrogens is 2. The van der Waals surface area contributed by atoms with Gasteiger partial charge in [-0.15, -0.1) is 0 Å². The first-order valence-corrected chi connectivity index (χ1v) is 5.89. The zero-order chi connectivity index (χ0) is 14.5. The molecule has 2 rings (SSSR count). The third-order valence-electron chi connectivity index (χ3n) is 2.47. The van der Waals surface area contributed by atoms with E-state index in [1.165, 1.54) is 24.8 Å². The van der Waals surface area contributed by atoms with Crippen molar-refractivity contribution in [3.05, 3.63) is 52.6 Å². The molecule has 0 aliphatic heterocycles. The maximum Gasteiger partial charge on any atom is 0.368 e. The summed E-state index contributed by atoms with van der Waals surface area (Å²) in [6, 6.07) is 8.63. The number of anilines is 2. The van der Waals surface area contributed by atoms with Crippen molar-refractivity contribution >= 4 is 25.2 Å². The number of carbonyl (C=O) groups excluding carboxylic acids is 1. The number of rotatable bonds is 4. The molecule has 7 nitrogen and oxygen atoms in total. The number of benzene rings is 1. The Bertz CT molecular complexity index is 669. The zero-order valence-corrected chi connectivity index (χ0v) is 10.9. The number of hydrogen-bond donors (Lipinski definition) is 2. The number of nitrogens with zero attached hydrogens (tertiary/aromatic N) is 2. The Hall–Kier alpha value is -2.77. The Morgan fingerprint density at radius 2 is 2.05 bits per heavy atom.